The van der Waals surface area contributed by atoms with E-state index < -0.39 is 0 Å². The summed E-state index contributed by atoms with van der Waals surface area (Å²) in [6.07, 6.45) is 1.04. The van der Waals surface area contributed by atoms with Crippen molar-refractivity contribution < 1.29 is 4.79 Å². The minimum atomic E-state index is -0.131. The third kappa shape index (κ3) is 7.78. The lowest BCUT2D eigenvalue weighted by Crippen LogP contribution is -2.46. The van der Waals surface area contributed by atoms with Crippen LogP contribution in [0.3, 0.4) is 0 Å². The molecule has 0 saturated carbocycles. The van der Waals surface area contributed by atoms with Crippen LogP contribution in [0.15, 0.2) is 0 Å². The van der Waals surface area contributed by atoms with Crippen molar-refractivity contribution in [3.05, 3.63) is 0 Å². The molecule has 1 atom stereocenters. The van der Waals surface area contributed by atoms with Gasteiger partial charge in [0.1, 0.15) is 0 Å². The average Bonchev–Trinajstić information content (AvgIpc) is 1.97. The minimum Gasteiger partial charge on any atom is -0.350 e. The van der Waals surface area contributed by atoms with Crippen LogP contribution in [0.25, 0.3) is 0 Å². The SMILES string of the molecule is CCC(C)NCC(=O)NC(C)(C)C. The summed E-state index contributed by atoms with van der Waals surface area (Å²) in [7, 11) is 0. The molecule has 3 nitrogen and oxygen atoms in total. The molecule has 78 valence electrons. The first-order valence-electron chi connectivity index (χ1n) is 4.89. The van der Waals surface area contributed by atoms with E-state index in [2.05, 4.69) is 24.5 Å². The van der Waals surface area contributed by atoms with E-state index in [1.807, 2.05) is 20.8 Å². The Hall–Kier alpha value is -0.570. The highest BCUT2D eigenvalue weighted by molar-refractivity contribution is 5.78. The van der Waals surface area contributed by atoms with Crippen LogP contribution in [0.2, 0.25) is 0 Å². The second-order valence-electron chi connectivity index (χ2n) is 4.49. The first-order valence-corrected chi connectivity index (χ1v) is 4.89. The lowest BCUT2D eigenvalue weighted by molar-refractivity contribution is -0.121. The van der Waals surface area contributed by atoms with Gasteiger partial charge in [0, 0.05) is 11.6 Å². The van der Waals surface area contributed by atoms with Crippen LogP contribution < -0.4 is 10.6 Å². The van der Waals surface area contributed by atoms with Gasteiger partial charge in [-0.25, -0.2) is 0 Å². The Labute approximate surface area is 81.3 Å². The number of rotatable bonds is 4. The van der Waals surface area contributed by atoms with E-state index in [9.17, 15) is 4.79 Å². The van der Waals surface area contributed by atoms with E-state index >= 15 is 0 Å². The summed E-state index contributed by atoms with van der Waals surface area (Å²) in [5.41, 5.74) is -0.131. The normalized spacial score (nSPS) is 13.9. The molecule has 0 aliphatic rings. The number of nitrogens with one attached hydrogen (secondary N) is 2. The molecule has 3 heteroatoms. The maximum Gasteiger partial charge on any atom is 0.234 e. The van der Waals surface area contributed by atoms with Crippen LogP contribution in [0.5, 0.6) is 0 Å². The largest absolute Gasteiger partial charge is 0.350 e. The van der Waals surface area contributed by atoms with Crippen molar-refractivity contribution >= 4 is 5.91 Å². The first kappa shape index (κ1) is 12.4. The summed E-state index contributed by atoms with van der Waals surface area (Å²) in [5.74, 6) is 0.0628. The second kappa shape index (κ2) is 5.22. The molecule has 0 radical (unpaired) electrons. The molecule has 0 spiro atoms. The number of carbonyl (C=O) groups excluding carboxylic acids is 1. The monoisotopic (exact) mass is 186 g/mol. The topological polar surface area (TPSA) is 41.1 Å². The quantitative estimate of drug-likeness (QED) is 0.694. The van der Waals surface area contributed by atoms with Crippen molar-refractivity contribution in [1.29, 1.82) is 0 Å². The fraction of sp³-hybridized carbons (Fsp3) is 0.900. The summed E-state index contributed by atoms with van der Waals surface area (Å²) in [6.45, 7) is 10.5. The number of hydrogen-bond acceptors (Lipinski definition) is 2. The Balaban J connectivity index is 3.64. The Bertz CT molecular complexity index is 161. The Morgan fingerprint density at radius 3 is 2.31 bits per heavy atom. The Morgan fingerprint density at radius 1 is 1.38 bits per heavy atom. The van der Waals surface area contributed by atoms with Crippen LogP contribution in [0.4, 0.5) is 0 Å². The fourth-order valence-corrected chi connectivity index (χ4v) is 0.874. The molecule has 0 aromatic rings. The van der Waals surface area contributed by atoms with Crippen molar-refractivity contribution in [2.45, 2.75) is 52.6 Å². The molecule has 1 unspecified atom stereocenters. The summed E-state index contributed by atoms with van der Waals surface area (Å²) >= 11 is 0. The van der Waals surface area contributed by atoms with Gasteiger partial charge in [0.05, 0.1) is 6.54 Å². The summed E-state index contributed by atoms with van der Waals surface area (Å²) < 4.78 is 0. The molecule has 0 fully saturated rings. The summed E-state index contributed by atoms with van der Waals surface area (Å²) in [6, 6.07) is 0.408. The van der Waals surface area contributed by atoms with Gasteiger partial charge in [-0.2, -0.15) is 0 Å². The van der Waals surface area contributed by atoms with Gasteiger partial charge in [-0.3, -0.25) is 4.79 Å². The van der Waals surface area contributed by atoms with Crippen molar-refractivity contribution in [2.24, 2.45) is 0 Å². The minimum absolute atomic E-state index is 0.0628. The average molecular weight is 186 g/mol. The maximum absolute atomic E-state index is 11.3. The van der Waals surface area contributed by atoms with Crippen LogP contribution in [0, 0.1) is 0 Å². The standard InChI is InChI=1S/C10H22N2O/c1-6-8(2)11-7-9(13)12-10(3,4)5/h8,11H,6-7H2,1-5H3,(H,12,13). The van der Waals surface area contributed by atoms with Crippen molar-refractivity contribution in [3.63, 3.8) is 0 Å². The molecular weight excluding hydrogens is 164 g/mol. The Kier molecular flexibility index (Phi) is 4.99. The molecule has 0 rings (SSSR count). The smallest absolute Gasteiger partial charge is 0.234 e. The van der Waals surface area contributed by atoms with Gasteiger partial charge in [-0.1, -0.05) is 6.92 Å². The zero-order chi connectivity index (χ0) is 10.5. The van der Waals surface area contributed by atoms with Crippen molar-refractivity contribution in [3.8, 4) is 0 Å². The van der Waals surface area contributed by atoms with Gasteiger partial charge >= 0.3 is 0 Å². The molecule has 2 N–H and O–H groups in total. The zero-order valence-corrected chi connectivity index (χ0v) is 9.40. The fourth-order valence-electron chi connectivity index (χ4n) is 0.874. The van der Waals surface area contributed by atoms with E-state index in [1.165, 1.54) is 0 Å². The van der Waals surface area contributed by atoms with Gasteiger partial charge in [-0.05, 0) is 34.1 Å². The van der Waals surface area contributed by atoms with E-state index in [-0.39, 0.29) is 11.4 Å². The highest BCUT2D eigenvalue weighted by Gasteiger charge is 2.13. The third-order valence-corrected chi connectivity index (χ3v) is 1.74. The van der Waals surface area contributed by atoms with Crippen molar-refractivity contribution in [1.82, 2.24) is 10.6 Å². The number of hydrogen-bond donors (Lipinski definition) is 2. The molecule has 13 heavy (non-hydrogen) atoms. The van der Waals surface area contributed by atoms with Crippen molar-refractivity contribution in [2.75, 3.05) is 6.54 Å². The van der Waals surface area contributed by atoms with Gasteiger partial charge in [0.25, 0.3) is 0 Å². The molecule has 0 aromatic carbocycles. The molecular formula is C10H22N2O. The molecule has 1 amide bonds. The van der Waals surface area contributed by atoms with Crippen LogP contribution in [0.1, 0.15) is 41.0 Å². The third-order valence-electron chi connectivity index (χ3n) is 1.74. The number of amides is 1. The molecule has 0 aliphatic carbocycles. The van der Waals surface area contributed by atoms with Gasteiger partial charge < -0.3 is 10.6 Å². The predicted molar refractivity (Wildman–Crippen MR) is 55.7 cm³/mol. The molecule has 0 aliphatic heterocycles. The van der Waals surface area contributed by atoms with E-state index in [4.69, 9.17) is 0 Å². The molecule has 0 heterocycles. The lowest BCUT2D eigenvalue weighted by Gasteiger charge is -2.21. The molecule has 0 bridgehead atoms. The molecule has 0 saturated heterocycles. The van der Waals surface area contributed by atoms with E-state index in [0.29, 0.717) is 12.6 Å². The van der Waals surface area contributed by atoms with Crippen LogP contribution in [-0.2, 0) is 4.79 Å². The zero-order valence-electron chi connectivity index (χ0n) is 9.40. The van der Waals surface area contributed by atoms with E-state index in [1.54, 1.807) is 0 Å². The second-order valence-corrected chi connectivity index (χ2v) is 4.49. The maximum atomic E-state index is 11.3. The van der Waals surface area contributed by atoms with Gasteiger partial charge in [0.2, 0.25) is 5.91 Å². The lowest BCUT2D eigenvalue weighted by atomic mass is 10.1. The molecule has 0 aromatic heterocycles. The summed E-state index contributed by atoms with van der Waals surface area (Å²) in [5, 5.41) is 6.04. The Morgan fingerprint density at radius 2 is 1.92 bits per heavy atom. The number of carbonyl (C=O) groups is 1. The van der Waals surface area contributed by atoms with Crippen LogP contribution in [-0.4, -0.2) is 24.0 Å². The van der Waals surface area contributed by atoms with Crippen LogP contribution >= 0.6 is 0 Å². The highest BCUT2D eigenvalue weighted by Crippen LogP contribution is 1.97. The predicted octanol–water partition coefficient (Wildman–Crippen LogP) is 1.29. The van der Waals surface area contributed by atoms with Gasteiger partial charge in [0.15, 0.2) is 0 Å². The highest BCUT2D eigenvalue weighted by atomic mass is 16.2. The first-order chi connectivity index (χ1) is 5.85. The van der Waals surface area contributed by atoms with E-state index in [0.717, 1.165) is 6.42 Å². The summed E-state index contributed by atoms with van der Waals surface area (Å²) in [4.78, 5) is 11.3. The van der Waals surface area contributed by atoms with Gasteiger partial charge in [-0.15, -0.1) is 0 Å².